The molecule has 1 aliphatic rings. The van der Waals surface area contributed by atoms with Gasteiger partial charge in [-0.3, -0.25) is 4.79 Å². The fourth-order valence-electron chi connectivity index (χ4n) is 2.55. The fraction of sp³-hybridized carbons (Fsp3) is 0.625. The molecule has 6 heteroatoms. The van der Waals surface area contributed by atoms with Crippen molar-refractivity contribution in [2.45, 2.75) is 51.9 Å². The molecule has 0 fully saturated rings. The van der Waals surface area contributed by atoms with Crippen LogP contribution >= 0.6 is 22.9 Å². The van der Waals surface area contributed by atoms with Crippen LogP contribution < -0.4 is 5.32 Å². The van der Waals surface area contributed by atoms with Crippen molar-refractivity contribution in [2.24, 2.45) is 0 Å². The molecule has 0 saturated carbocycles. The maximum absolute atomic E-state index is 12.4. The highest BCUT2D eigenvalue weighted by Gasteiger charge is 2.27. The number of carbonyl (C=O) groups excluding carboxylic acids is 2. The van der Waals surface area contributed by atoms with E-state index in [1.165, 1.54) is 16.2 Å². The molecular weight excluding hydrogens is 322 g/mol. The van der Waals surface area contributed by atoms with E-state index in [-0.39, 0.29) is 11.9 Å². The van der Waals surface area contributed by atoms with Gasteiger partial charge in [0.05, 0.1) is 12.2 Å². The van der Waals surface area contributed by atoms with Crippen molar-refractivity contribution in [1.29, 1.82) is 0 Å². The van der Waals surface area contributed by atoms with Gasteiger partial charge in [-0.25, -0.2) is 4.79 Å². The van der Waals surface area contributed by atoms with Gasteiger partial charge in [0.2, 0.25) is 5.91 Å². The summed E-state index contributed by atoms with van der Waals surface area (Å²) in [7, 11) is 0. The lowest BCUT2D eigenvalue weighted by molar-refractivity contribution is -0.116. The third kappa shape index (κ3) is 4.23. The van der Waals surface area contributed by atoms with E-state index >= 15 is 0 Å². The molecule has 1 heterocycles. The molecule has 0 atom stereocenters. The van der Waals surface area contributed by atoms with E-state index < -0.39 is 0 Å². The Morgan fingerprint density at radius 2 is 2.09 bits per heavy atom. The number of hydrogen-bond acceptors (Lipinski definition) is 4. The molecule has 1 aliphatic carbocycles. The van der Waals surface area contributed by atoms with Crippen LogP contribution in [0.3, 0.4) is 0 Å². The molecule has 0 saturated heterocycles. The topological polar surface area (TPSA) is 55.4 Å². The molecule has 22 heavy (non-hydrogen) atoms. The van der Waals surface area contributed by atoms with Crippen LogP contribution in [0.4, 0.5) is 5.00 Å². The zero-order valence-corrected chi connectivity index (χ0v) is 14.4. The summed E-state index contributed by atoms with van der Waals surface area (Å²) in [5.74, 6) is 0.0532. The Morgan fingerprint density at radius 3 is 2.82 bits per heavy atom. The Hall–Kier alpha value is -1.07. The minimum Gasteiger partial charge on any atom is -0.462 e. The highest BCUT2D eigenvalue weighted by molar-refractivity contribution is 7.17. The van der Waals surface area contributed by atoms with Crippen LogP contribution in [0.15, 0.2) is 0 Å². The normalized spacial score (nSPS) is 13.5. The summed E-state index contributed by atoms with van der Waals surface area (Å²) < 4.78 is 5.30. The molecule has 2 rings (SSSR count). The van der Waals surface area contributed by atoms with E-state index in [0.717, 1.165) is 37.7 Å². The summed E-state index contributed by atoms with van der Waals surface area (Å²) in [6, 6.07) is 0. The predicted molar refractivity (Wildman–Crippen MR) is 90.1 cm³/mol. The Bertz CT molecular complexity index is 542. The largest absolute Gasteiger partial charge is 0.462 e. The van der Waals surface area contributed by atoms with E-state index in [2.05, 4.69) is 5.32 Å². The van der Waals surface area contributed by atoms with E-state index in [0.29, 0.717) is 35.9 Å². The molecule has 4 nitrogen and oxygen atoms in total. The van der Waals surface area contributed by atoms with Crippen LogP contribution in [0.1, 0.15) is 59.8 Å². The van der Waals surface area contributed by atoms with E-state index in [4.69, 9.17) is 16.3 Å². The summed E-state index contributed by atoms with van der Waals surface area (Å²) in [6.45, 7) is 2.37. The highest BCUT2D eigenvalue weighted by Crippen LogP contribution is 2.38. The molecular formula is C16H22ClNO3S. The Labute approximate surface area is 140 Å². The molecule has 0 unspecified atom stereocenters. The average Bonchev–Trinajstić information content (AvgIpc) is 2.88. The minimum atomic E-state index is -0.311. The predicted octanol–water partition coefficient (Wildman–Crippen LogP) is 4.15. The second kappa shape index (κ2) is 8.53. The lowest BCUT2D eigenvalue weighted by Gasteiger charge is -2.12. The number of carbonyl (C=O) groups is 2. The van der Waals surface area contributed by atoms with Gasteiger partial charge >= 0.3 is 5.97 Å². The minimum absolute atomic E-state index is 0.0937. The Kier molecular flexibility index (Phi) is 6.70. The van der Waals surface area contributed by atoms with Crippen molar-refractivity contribution in [3.05, 3.63) is 16.0 Å². The monoisotopic (exact) mass is 343 g/mol. The van der Waals surface area contributed by atoms with Crippen molar-refractivity contribution in [3.8, 4) is 0 Å². The van der Waals surface area contributed by atoms with E-state index in [1.54, 1.807) is 0 Å². The molecule has 0 aromatic carbocycles. The van der Waals surface area contributed by atoms with Crippen molar-refractivity contribution < 1.29 is 14.3 Å². The van der Waals surface area contributed by atoms with Gasteiger partial charge in [0.1, 0.15) is 5.00 Å². The summed E-state index contributed by atoms with van der Waals surface area (Å²) in [4.78, 5) is 25.5. The number of anilines is 1. The van der Waals surface area contributed by atoms with Crippen LogP contribution in [0, 0.1) is 0 Å². The van der Waals surface area contributed by atoms with Crippen molar-refractivity contribution in [3.63, 3.8) is 0 Å². The first kappa shape index (κ1) is 17.3. The third-order valence-corrected chi connectivity index (χ3v) is 5.08. The Morgan fingerprint density at radius 1 is 1.32 bits per heavy atom. The summed E-state index contributed by atoms with van der Waals surface area (Å²) in [5.41, 5.74) is 1.65. The van der Waals surface area contributed by atoms with Gasteiger partial charge in [0.25, 0.3) is 0 Å². The number of aryl methyl sites for hydroxylation is 1. The number of alkyl halides is 1. The molecule has 1 N–H and O–H groups in total. The van der Waals surface area contributed by atoms with Gasteiger partial charge in [0, 0.05) is 17.2 Å². The molecule has 1 aromatic rings. The molecule has 0 aliphatic heterocycles. The van der Waals surface area contributed by atoms with Gasteiger partial charge in [-0.1, -0.05) is 6.92 Å². The highest BCUT2D eigenvalue weighted by atomic mass is 35.5. The number of rotatable bonds is 7. The molecule has 1 aromatic heterocycles. The number of esters is 1. The molecule has 0 radical (unpaired) electrons. The van der Waals surface area contributed by atoms with E-state index in [1.807, 2.05) is 6.92 Å². The van der Waals surface area contributed by atoms with Crippen LogP contribution in [0.25, 0.3) is 0 Å². The first-order valence-corrected chi connectivity index (χ1v) is 9.20. The summed E-state index contributed by atoms with van der Waals surface area (Å²) in [5, 5.41) is 3.53. The quantitative estimate of drug-likeness (QED) is 0.597. The fourth-order valence-corrected chi connectivity index (χ4v) is 3.98. The summed E-state index contributed by atoms with van der Waals surface area (Å²) in [6.07, 6.45) is 5.87. The number of amides is 1. The number of halogens is 1. The maximum Gasteiger partial charge on any atom is 0.341 e. The van der Waals surface area contributed by atoms with Crippen LogP contribution in [0.5, 0.6) is 0 Å². The van der Waals surface area contributed by atoms with Crippen LogP contribution in [-0.2, 0) is 22.4 Å². The SMILES string of the molecule is CCCOC(=O)c1c(NC(=O)CCCCl)sc2c1CCCC2. The Balaban J connectivity index is 2.21. The van der Waals surface area contributed by atoms with Gasteiger partial charge in [-0.15, -0.1) is 22.9 Å². The van der Waals surface area contributed by atoms with Crippen molar-refractivity contribution >= 4 is 39.8 Å². The van der Waals surface area contributed by atoms with Gasteiger partial charge < -0.3 is 10.1 Å². The van der Waals surface area contributed by atoms with Crippen molar-refractivity contribution in [2.75, 3.05) is 17.8 Å². The number of thiophene rings is 1. The lowest BCUT2D eigenvalue weighted by atomic mass is 9.95. The standard InChI is InChI=1S/C16H22ClNO3S/c1-2-10-21-16(20)14-11-6-3-4-7-12(11)22-15(14)18-13(19)8-5-9-17/h2-10H2,1H3,(H,18,19). The van der Waals surface area contributed by atoms with Gasteiger partial charge in [0.15, 0.2) is 0 Å². The van der Waals surface area contributed by atoms with Gasteiger partial charge in [-0.2, -0.15) is 0 Å². The average molecular weight is 344 g/mol. The number of ether oxygens (including phenoxy) is 1. The zero-order valence-electron chi connectivity index (χ0n) is 12.9. The van der Waals surface area contributed by atoms with Crippen LogP contribution in [-0.4, -0.2) is 24.4 Å². The maximum atomic E-state index is 12.4. The van der Waals surface area contributed by atoms with Crippen LogP contribution in [0.2, 0.25) is 0 Å². The van der Waals surface area contributed by atoms with E-state index in [9.17, 15) is 9.59 Å². The second-order valence-corrected chi connectivity index (χ2v) is 6.87. The summed E-state index contributed by atoms with van der Waals surface area (Å²) >= 11 is 7.14. The molecule has 0 spiro atoms. The lowest BCUT2D eigenvalue weighted by Crippen LogP contribution is -2.15. The van der Waals surface area contributed by atoms with Crippen molar-refractivity contribution in [1.82, 2.24) is 0 Å². The first-order valence-electron chi connectivity index (χ1n) is 7.84. The number of hydrogen-bond donors (Lipinski definition) is 1. The molecule has 122 valence electrons. The number of nitrogens with one attached hydrogen (secondary N) is 1. The zero-order chi connectivity index (χ0) is 15.9. The second-order valence-electron chi connectivity index (χ2n) is 5.39. The molecule has 1 amide bonds. The third-order valence-electron chi connectivity index (χ3n) is 3.60. The first-order chi connectivity index (χ1) is 10.7. The molecule has 0 bridgehead atoms. The smallest absolute Gasteiger partial charge is 0.341 e. The number of fused-ring (bicyclic) bond motifs is 1. The van der Waals surface area contributed by atoms with Gasteiger partial charge in [-0.05, 0) is 44.1 Å².